The summed E-state index contributed by atoms with van der Waals surface area (Å²) in [5, 5.41) is 3.83. The largest absolute Gasteiger partial charge is 0.288 e. The van der Waals surface area contributed by atoms with Crippen molar-refractivity contribution in [3.05, 3.63) is 63.0 Å². The minimum atomic E-state index is 0.0375. The Labute approximate surface area is 116 Å². The van der Waals surface area contributed by atoms with Crippen LogP contribution in [-0.4, -0.2) is 10.8 Å². The Bertz CT molecular complexity index is 730. The number of carbonyl (C=O) groups excluding carboxylic acids is 1. The first-order valence-electron chi connectivity index (χ1n) is 5.38. The molecule has 3 aromatic rings. The van der Waals surface area contributed by atoms with Gasteiger partial charge in [0.2, 0.25) is 5.78 Å². The van der Waals surface area contributed by atoms with Gasteiger partial charge in [0.1, 0.15) is 0 Å². The van der Waals surface area contributed by atoms with E-state index < -0.39 is 0 Å². The van der Waals surface area contributed by atoms with Gasteiger partial charge >= 0.3 is 0 Å². The highest BCUT2D eigenvalue weighted by atomic mass is 79.9. The summed E-state index contributed by atoms with van der Waals surface area (Å²) < 4.78 is 0.846. The second-order valence-electron chi connectivity index (χ2n) is 3.83. The summed E-state index contributed by atoms with van der Waals surface area (Å²) >= 11 is 4.85. The second kappa shape index (κ2) is 4.63. The van der Waals surface area contributed by atoms with Crippen molar-refractivity contribution in [2.75, 3.05) is 0 Å². The zero-order chi connectivity index (χ0) is 12.5. The number of halogens is 1. The lowest BCUT2D eigenvalue weighted by Crippen LogP contribution is -2.00. The summed E-state index contributed by atoms with van der Waals surface area (Å²) in [6.07, 6.45) is 3.47. The van der Waals surface area contributed by atoms with Crippen molar-refractivity contribution in [2.45, 2.75) is 0 Å². The van der Waals surface area contributed by atoms with Crippen molar-refractivity contribution >= 4 is 43.8 Å². The molecule has 18 heavy (non-hydrogen) atoms. The molecule has 2 nitrogen and oxygen atoms in total. The van der Waals surface area contributed by atoms with Crippen molar-refractivity contribution in [1.29, 1.82) is 0 Å². The van der Waals surface area contributed by atoms with E-state index in [1.165, 1.54) is 11.3 Å². The Morgan fingerprint density at radius 1 is 1.22 bits per heavy atom. The van der Waals surface area contributed by atoms with Gasteiger partial charge in [-0.1, -0.05) is 18.2 Å². The van der Waals surface area contributed by atoms with Crippen LogP contribution in [0.5, 0.6) is 0 Å². The van der Waals surface area contributed by atoms with Gasteiger partial charge < -0.3 is 0 Å². The minimum Gasteiger partial charge on any atom is -0.288 e. The van der Waals surface area contributed by atoms with Crippen LogP contribution >= 0.6 is 27.3 Å². The van der Waals surface area contributed by atoms with Crippen LogP contribution < -0.4 is 0 Å². The molecule has 88 valence electrons. The Morgan fingerprint density at radius 2 is 2.11 bits per heavy atom. The van der Waals surface area contributed by atoms with Gasteiger partial charge in [-0.05, 0) is 38.8 Å². The predicted molar refractivity (Wildman–Crippen MR) is 77.2 cm³/mol. The van der Waals surface area contributed by atoms with Gasteiger partial charge in [0.25, 0.3) is 0 Å². The first-order valence-corrected chi connectivity index (χ1v) is 7.05. The number of nitrogens with zero attached hydrogens (tertiary/aromatic N) is 1. The van der Waals surface area contributed by atoms with Gasteiger partial charge in [0, 0.05) is 27.8 Å². The smallest absolute Gasteiger partial charge is 0.204 e. The highest BCUT2D eigenvalue weighted by molar-refractivity contribution is 9.10. The molecule has 0 aliphatic carbocycles. The van der Waals surface area contributed by atoms with Gasteiger partial charge in [-0.2, -0.15) is 0 Å². The molecule has 0 spiro atoms. The van der Waals surface area contributed by atoms with Crippen LogP contribution in [0.4, 0.5) is 0 Å². The van der Waals surface area contributed by atoms with Crippen molar-refractivity contribution in [1.82, 2.24) is 4.98 Å². The van der Waals surface area contributed by atoms with Crippen LogP contribution in [0.2, 0.25) is 0 Å². The maximum atomic E-state index is 12.5. The van der Waals surface area contributed by atoms with E-state index in [2.05, 4.69) is 20.9 Å². The third kappa shape index (κ3) is 1.87. The molecule has 3 rings (SSSR count). The van der Waals surface area contributed by atoms with Gasteiger partial charge in [0.05, 0.1) is 4.88 Å². The summed E-state index contributed by atoms with van der Waals surface area (Å²) in [4.78, 5) is 17.3. The Balaban J connectivity index is 2.21. The molecule has 4 heteroatoms. The number of thiophene rings is 1. The molecule has 2 aromatic heterocycles. The van der Waals surface area contributed by atoms with Gasteiger partial charge in [-0.25, -0.2) is 0 Å². The van der Waals surface area contributed by atoms with Crippen molar-refractivity contribution in [3.8, 4) is 0 Å². The summed E-state index contributed by atoms with van der Waals surface area (Å²) in [6, 6.07) is 9.53. The van der Waals surface area contributed by atoms with Gasteiger partial charge in [-0.3, -0.25) is 9.78 Å². The lowest BCUT2D eigenvalue weighted by Gasteiger charge is -2.04. The number of hydrogen-bond acceptors (Lipinski definition) is 3. The molecule has 0 fully saturated rings. The molecule has 0 aliphatic heterocycles. The normalized spacial score (nSPS) is 10.7. The molecule has 1 aromatic carbocycles. The van der Waals surface area contributed by atoms with Crippen LogP contribution in [0.1, 0.15) is 15.2 Å². The third-order valence-electron chi connectivity index (χ3n) is 2.75. The highest BCUT2D eigenvalue weighted by Crippen LogP contribution is 2.28. The number of aromatic nitrogens is 1. The van der Waals surface area contributed by atoms with Crippen molar-refractivity contribution in [2.24, 2.45) is 0 Å². The number of carbonyl (C=O) groups is 1. The van der Waals surface area contributed by atoms with E-state index in [1.54, 1.807) is 12.4 Å². The Morgan fingerprint density at radius 3 is 2.89 bits per heavy atom. The standard InChI is InChI=1S/C14H8BrNOS/c15-12-5-7-18-14(12)13(17)10-3-1-2-9-4-6-16-8-11(9)10/h1-8H. The zero-order valence-electron chi connectivity index (χ0n) is 9.26. The molecular formula is C14H8BrNOS. The van der Waals surface area contributed by atoms with E-state index in [9.17, 15) is 4.79 Å². The number of ketones is 1. The number of rotatable bonds is 2. The molecule has 0 aliphatic rings. The van der Waals surface area contributed by atoms with Gasteiger partial charge in [0.15, 0.2) is 0 Å². The van der Waals surface area contributed by atoms with E-state index in [1.807, 2.05) is 35.7 Å². The summed E-state index contributed by atoms with van der Waals surface area (Å²) in [5.41, 5.74) is 0.698. The van der Waals surface area contributed by atoms with Crippen LogP contribution in [0, 0.1) is 0 Å². The average Bonchev–Trinajstić information content (AvgIpc) is 2.83. The molecule has 0 amide bonds. The summed E-state index contributed by atoms with van der Waals surface area (Å²) in [5.74, 6) is 0.0375. The van der Waals surface area contributed by atoms with E-state index in [-0.39, 0.29) is 5.78 Å². The SMILES string of the molecule is O=C(c1sccc1Br)c1cccc2ccncc12. The van der Waals surface area contributed by atoms with Crippen LogP contribution in [0.15, 0.2) is 52.6 Å². The van der Waals surface area contributed by atoms with Crippen LogP contribution in [0.3, 0.4) is 0 Å². The fourth-order valence-electron chi connectivity index (χ4n) is 1.89. The maximum absolute atomic E-state index is 12.5. The monoisotopic (exact) mass is 317 g/mol. The molecule has 0 saturated carbocycles. The topological polar surface area (TPSA) is 30.0 Å². The molecular weight excluding hydrogens is 310 g/mol. The van der Waals surface area contributed by atoms with E-state index in [0.717, 1.165) is 20.1 Å². The molecule has 0 atom stereocenters. The van der Waals surface area contributed by atoms with Crippen molar-refractivity contribution < 1.29 is 4.79 Å². The molecule has 0 bridgehead atoms. The highest BCUT2D eigenvalue weighted by Gasteiger charge is 2.16. The Kier molecular flexibility index (Phi) is 2.97. The fraction of sp³-hybridized carbons (Fsp3) is 0. The third-order valence-corrected chi connectivity index (χ3v) is 4.59. The number of pyridine rings is 1. The lowest BCUT2D eigenvalue weighted by molar-refractivity contribution is 0.104. The molecule has 0 unspecified atom stereocenters. The summed E-state index contributed by atoms with van der Waals surface area (Å²) in [7, 11) is 0. The van der Waals surface area contributed by atoms with Crippen LogP contribution in [0.25, 0.3) is 10.8 Å². The Hall–Kier alpha value is -1.52. The van der Waals surface area contributed by atoms with Gasteiger partial charge in [-0.15, -0.1) is 11.3 Å². The molecule has 0 saturated heterocycles. The van der Waals surface area contributed by atoms with Crippen LogP contribution in [-0.2, 0) is 0 Å². The summed E-state index contributed by atoms with van der Waals surface area (Å²) in [6.45, 7) is 0. The van der Waals surface area contributed by atoms with E-state index in [4.69, 9.17) is 0 Å². The van der Waals surface area contributed by atoms with E-state index >= 15 is 0 Å². The number of hydrogen-bond donors (Lipinski definition) is 0. The number of benzene rings is 1. The maximum Gasteiger partial charge on any atom is 0.204 e. The molecule has 2 heterocycles. The molecule has 0 N–H and O–H groups in total. The predicted octanol–water partition coefficient (Wildman–Crippen LogP) is 4.29. The van der Waals surface area contributed by atoms with E-state index in [0.29, 0.717) is 5.56 Å². The first-order chi connectivity index (χ1) is 8.77. The average molecular weight is 318 g/mol. The minimum absolute atomic E-state index is 0.0375. The fourth-order valence-corrected chi connectivity index (χ4v) is 3.39. The first kappa shape index (κ1) is 11.6. The number of fused-ring (bicyclic) bond motifs is 1. The lowest BCUT2D eigenvalue weighted by atomic mass is 10.0. The zero-order valence-corrected chi connectivity index (χ0v) is 11.7. The quantitative estimate of drug-likeness (QED) is 0.660. The van der Waals surface area contributed by atoms with Crippen molar-refractivity contribution in [3.63, 3.8) is 0 Å². The molecule has 0 radical (unpaired) electrons. The second-order valence-corrected chi connectivity index (χ2v) is 5.60.